The van der Waals surface area contributed by atoms with Gasteiger partial charge in [-0.05, 0) is 23.8 Å². The predicted octanol–water partition coefficient (Wildman–Crippen LogP) is 3.77. The van der Waals surface area contributed by atoms with Crippen LogP contribution >= 0.6 is 15.9 Å². The first-order chi connectivity index (χ1) is 15.8. The van der Waals surface area contributed by atoms with Gasteiger partial charge in [-0.15, -0.1) is 6.58 Å². The summed E-state index contributed by atoms with van der Waals surface area (Å²) in [5, 5.41) is 20.9. The van der Waals surface area contributed by atoms with Gasteiger partial charge >= 0.3 is 0 Å². The molecule has 3 rings (SSSR count). The predicted molar refractivity (Wildman–Crippen MR) is 132 cm³/mol. The molecule has 0 aromatic heterocycles. The number of halogens is 1. The zero-order valence-corrected chi connectivity index (χ0v) is 20.2. The van der Waals surface area contributed by atoms with E-state index in [1.807, 2.05) is 36.4 Å². The molecule has 0 fully saturated rings. The fourth-order valence-electron chi connectivity index (χ4n) is 4.09. The number of carbonyl (C=O) groups excluding carboxylic acids is 2. The lowest BCUT2D eigenvalue weighted by Crippen LogP contribution is -2.44. The van der Waals surface area contributed by atoms with Gasteiger partial charge in [0.1, 0.15) is 0 Å². The quantitative estimate of drug-likeness (QED) is 0.474. The highest BCUT2D eigenvalue weighted by Crippen LogP contribution is 2.46. The summed E-state index contributed by atoms with van der Waals surface area (Å²) in [5.41, 5.74) is 0.417. The second-order valence-corrected chi connectivity index (χ2v) is 8.99. The van der Waals surface area contributed by atoms with Gasteiger partial charge in [0, 0.05) is 42.0 Å². The molecule has 33 heavy (non-hydrogen) atoms. The van der Waals surface area contributed by atoms with Gasteiger partial charge in [-0.25, -0.2) is 0 Å². The van der Waals surface area contributed by atoms with E-state index in [9.17, 15) is 19.8 Å². The van der Waals surface area contributed by atoms with Gasteiger partial charge < -0.3 is 20.0 Å². The van der Waals surface area contributed by atoms with Gasteiger partial charge in [0.2, 0.25) is 5.91 Å². The molecule has 0 saturated carbocycles. The van der Waals surface area contributed by atoms with E-state index in [0.29, 0.717) is 24.3 Å². The number of anilines is 1. The zero-order chi connectivity index (χ0) is 24.0. The number of aliphatic hydroxyl groups is 2. The van der Waals surface area contributed by atoms with E-state index in [0.717, 1.165) is 10.0 Å². The summed E-state index contributed by atoms with van der Waals surface area (Å²) in [6, 6.07) is 15.0. The molecule has 0 aliphatic carbocycles. The molecular weight excluding hydrogens is 484 g/mol. The van der Waals surface area contributed by atoms with Crippen molar-refractivity contribution < 1.29 is 19.8 Å². The number of hydrogen-bond donors (Lipinski definition) is 2. The minimum absolute atomic E-state index is 0.100. The van der Waals surface area contributed by atoms with Gasteiger partial charge in [-0.1, -0.05) is 71.4 Å². The number of carbonyl (C=O) groups is 2. The third-order valence-corrected chi connectivity index (χ3v) is 6.35. The maximum atomic E-state index is 13.2. The van der Waals surface area contributed by atoms with Crippen molar-refractivity contribution in [3.8, 4) is 0 Å². The number of hydrogen-bond acceptors (Lipinski definition) is 4. The topological polar surface area (TPSA) is 81.1 Å². The second-order valence-electron chi connectivity index (χ2n) is 8.08. The standard InChI is InChI=1S/C26H29BrN2O4/c1-3-14-29-23-13-12-21(27)17-22(23)26(33,25(29)32)19(2)8-7-11-24(31)28(15-16-30)18-20-9-5-4-6-10-20/h3-10,12-13,17,19,30,33H,1,11,14-16,18H2,2H3/b8-7+/t19-,26+/m0/s1. The summed E-state index contributed by atoms with van der Waals surface area (Å²) in [5.74, 6) is -1.12. The first-order valence-electron chi connectivity index (χ1n) is 10.9. The highest BCUT2D eigenvalue weighted by atomic mass is 79.9. The Morgan fingerprint density at radius 3 is 2.67 bits per heavy atom. The Morgan fingerprint density at radius 1 is 1.27 bits per heavy atom. The molecule has 6 nitrogen and oxygen atoms in total. The smallest absolute Gasteiger partial charge is 0.264 e. The van der Waals surface area contributed by atoms with Crippen LogP contribution in [0.4, 0.5) is 5.69 Å². The molecule has 0 unspecified atom stereocenters. The van der Waals surface area contributed by atoms with Gasteiger partial charge in [0.25, 0.3) is 5.91 Å². The summed E-state index contributed by atoms with van der Waals surface area (Å²) < 4.78 is 0.764. The van der Waals surface area contributed by atoms with E-state index in [2.05, 4.69) is 22.5 Å². The van der Waals surface area contributed by atoms with Crippen molar-refractivity contribution in [3.63, 3.8) is 0 Å². The number of fused-ring (bicyclic) bond motifs is 1. The number of rotatable bonds is 10. The number of aliphatic hydroxyl groups excluding tert-OH is 1. The first kappa shape index (κ1) is 24.9. The maximum absolute atomic E-state index is 13.2. The van der Waals surface area contributed by atoms with Crippen molar-refractivity contribution in [1.29, 1.82) is 0 Å². The maximum Gasteiger partial charge on any atom is 0.264 e. The van der Waals surface area contributed by atoms with Crippen LogP contribution in [0.1, 0.15) is 24.5 Å². The minimum Gasteiger partial charge on any atom is -0.395 e. The van der Waals surface area contributed by atoms with Gasteiger partial charge in [0.15, 0.2) is 5.60 Å². The van der Waals surface area contributed by atoms with Crippen LogP contribution in [0.5, 0.6) is 0 Å². The molecule has 0 radical (unpaired) electrons. The summed E-state index contributed by atoms with van der Waals surface area (Å²) in [6.07, 6.45) is 5.11. The molecule has 2 N–H and O–H groups in total. The number of benzene rings is 2. The van der Waals surface area contributed by atoms with E-state index in [1.165, 1.54) is 4.90 Å². The molecule has 0 saturated heterocycles. The van der Waals surface area contributed by atoms with Crippen molar-refractivity contribution in [2.45, 2.75) is 25.5 Å². The summed E-state index contributed by atoms with van der Waals surface area (Å²) in [6.45, 7) is 6.28. The molecule has 2 aromatic carbocycles. The highest BCUT2D eigenvalue weighted by molar-refractivity contribution is 9.10. The fraction of sp³-hybridized carbons (Fsp3) is 0.308. The van der Waals surface area contributed by atoms with Crippen molar-refractivity contribution in [2.24, 2.45) is 5.92 Å². The van der Waals surface area contributed by atoms with Crippen LogP contribution in [0.15, 0.2) is 77.8 Å². The molecule has 0 bridgehead atoms. The van der Waals surface area contributed by atoms with Crippen LogP contribution in [0, 0.1) is 5.92 Å². The SMILES string of the molecule is C=CCN1C(=O)[C@@](O)([C@@H](C)/C=C/CC(=O)N(CCO)Cc2ccccc2)c2cc(Br)ccc21. The summed E-state index contributed by atoms with van der Waals surface area (Å²) >= 11 is 3.42. The van der Waals surface area contributed by atoms with Gasteiger partial charge in [-0.2, -0.15) is 0 Å². The molecule has 2 aromatic rings. The highest BCUT2D eigenvalue weighted by Gasteiger charge is 2.52. The molecular formula is C26H29BrN2O4. The average molecular weight is 513 g/mol. The Morgan fingerprint density at radius 2 is 2.00 bits per heavy atom. The van der Waals surface area contributed by atoms with E-state index >= 15 is 0 Å². The van der Waals surface area contributed by atoms with E-state index in [-0.39, 0.29) is 25.5 Å². The Labute approximate surface area is 203 Å². The van der Waals surface area contributed by atoms with E-state index in [1.54, 1.807) is 42.2 Å². The Balaban J connectivity index is 1.75. The lowest BCUT2D eigenvalue weighted by molar-refractivity contribution is -0.139. The molecule has 174 valence electrons. The Kier molecular flexibility index (Phi) is 8.24. The molecule has 1 aliphatic heterocycles. The number of amides is 2. The lowest BCUT2D eigenvalue weighted by atomic mass is 9.83. The molecule has 2 amide bonds. The van der Waals surface area contributed by atoms with Crippen LogP contribution < -0.4 is 4.90 Å². The molecule has 7 heteroatoms. The van der Waals surface area contributed by atoms with Crippen LogP contribution in [-0.2, 0) is 21.7 Å². The average Bonchev–Trinajstić information content (AvgIpc) is 3.02. The van der Waals surface area contributed by atoms with Crippen molar-refractivity contribution in [2.75, 3.05) is 24.6 Å². The molecule has 1 aliphatic rings. The Hall–Kier alpha value is -2.74. The van der Waals surface area contributed by atoms with Crippen molar-refractivity contribution in [1.82, 2.24) is 4.90 Å². The van der Waals surface area contributed by atoms with Crippen LogP contribution in [0.3, 0.4) is 0 Å². The first-order valence-corrected chi connectivity index (χ1v) is 11.7. The van der Waals surface area contributed by atoms with Crippen molar-refractivity contribution >= 4 is 33.4 Å². The fourth-order valence-corrected chi connectivity index (χ4v) is 4.45. The molecule has 0 spiro atoms. The lowest BCUT2D eigenvalue weighted by Gasteiger charge is -2.27. The molecule has 1 heterocycles. The van der Waals surface area contributed by atoms with E-state index in [4.69, 9.17) is 0 Å². The number of nitrogens with zero attached hydrogens (tertiary/aromatic N) is 2. The van der Waals surface area contributed by atoms with Crippen molar-refractivity contribution in [3.05, 3.63) is 88.9 Å². The monoisotopic (exact) mass is 512 g/mol. The summed E-state index contributed by atoms with van der Waals surface area (Å²) in [4.78, 5) is 29.1. The zero-order valence-electron chi connectivity index (χ0n) is 18.7. The van der Waals surface area contributed by atoms with Crippen LogP contribution in [0.2, 0.25) is 0 Å². The summed E-state index contributed by atoms with van der Waals surface area (Å²) in [7, 11) is 0. The second kappa shape index (κ2) is 10.9. The van der Waals surface area contributed by atoms with Gasteiger partial charge in [0.05, 0.1) is 12.3 Å². The third kappa shape index (κ3) is 5.27. The normalized spacial score (nSPS) is 18.4. The minimum atomic E-state index is -1.74. The largest absolute Gasteiger partial charge is 0.395 e. The van der Waals surface area contributed by atoms with Crippen LogP contribution in [-0.4, -0.2) is 46.6 Å². The third-order valence-electron chi connectivity index (χ3n) is 5.86. The van der Waals surface area contributed by atoms with E-state index < -0.39 is 17.4 Å². The van der Waals surface area contributed by atoms with Gasteiger partial charge in [-0.3, -0.25) is 9.59 Å². The van der Waals surface area contributed by atoms with Crippen LogP contribution in [0.25, 0.3) is 0 Å². The Bertz CT molecular complexity index is 1040. The molecule has 2 atom stereocenters.